The average molecular weight is 266 g/mol. The molecule has 1 saturated heterocycles. The van der Waals surface area contributed by atoms with E-state index in [-0.39, 0.29) is 5.91 Å². The monoisotopic (exact) mass is 266 g/mol. The normalized spacial score (nSPS) is 16.8. The van der Waals surface area contributed by atoms with E-state index in [0.29, 0.717) is 24.9 Å². The molecular formula is C13H22N4O2. The summed E-state index contributed by atoms with van der Waals surface area (Å²) in [6.07, 6.45) is 5.53. The fraction of sp³-hybridized carbons (Fsp3) is 0.692. The molecular weight excluding hydrogens is 244 g/mol. The third kappa shape index (κ3) is 3.54. The first-order valence-electron chi connectivity index (χ1n) is 6.87. The van der Waals surface area contributed by atoms with Crippen molar-refractivity contribution < 1.29 is 9.53 Å². The molecule has 0 saturated carbocycles. The zero-order valence-electron chi connectivity index (χ0n) is 11.4. The summed E-state index contributed by atoms with van der Waals surface area (Å²) in [5, 5.41) is 0. The maximum atomic E-state index is 12.3. The SMILES string of the molecule is CCOC1CCN(C(=O)c2cn(CCN)cn2)CC1. The summed E-state index contributed by atoms with van der Waals surface area (Å²) in [5.74, 6) is 0.00530. The second kappa shape index (κ2) is 6.68. The van der Waals surface area contributed by atoms with Gasteiger partial charge in [-0.1, -0.05) is 0 Å². The zero-order chi connectivity index (χ0) is 13.7. The van der Waals surface area contributed by atoms with E-state index in [0.717, 1.165) is 32.5 Å². The van der Waals surface area contributed by atoms with Gasteiger partial charge in [-0.3, -0.25) is 4.79 Å². The number of imidazole rings is 1. The van der Waals surface area contributed by atoms with E-state index < -0.39 is 0 Å². The molecule has 6 heteroatoms. The van der Waals surface area contributed by atoms with Crippen molar-refractivity contribution in [2.75, 3.05) is 26.2 Å². The maximum Gasteiger partial charge on any atom is 0.274 e. The predicted molar refractivity (Wildman–Crippen MR) is 71.8 cm³/mol. The van der Waals surface area contributed by atoms with Crippen molar-refractivity contribution >= 4 is 5.91 Å². The Kier molecular flexibility index (Phi) is 4.93. The van der Waals surface area contributed by atoms with Gasteiger partial charge in [0.05, 0.1) is 12.4 Å². The highest BCUT2D eigenvalue weighted by atomic mass is 16.5. The Balaban J connectivity index is 1.89. The van der Waals surface area contributed by atoms with Gasteiger partial charge in [-0.25, -0.2) is 4.98 Å². The molecule has 6 nitrogen and oxygen atoms in total. The lowest BCUT2D eigenvalue weighted by molar-refractivity contribution is 0.0144. The summed E-state index contributed by atoms with van der Waals surface area (Å²) >= 11 is 0. The van der Waals surface area contributed by atoms with Crippen LogP contribution in [0.4, 0.5) is 0 Å². The molecule has 0 radical (unpaired) electrons. The van der Waals surface area contributed by atoms with Crippen LogP contribution < -0.4 is 5.73 Å². The van der Waals surface area contributed by atoms with Gasteiger partial charge in [0.1, 0.15) is 5.69 Å². The third-order valence-corrected chi connectivity index (χ3v) is 3.37. The molecule has 1 aromatic heterocycles. The minimum Gasteiger partial charge on any atom is -0.378 e. The van der Waals surface area contributed by atoms with Crippen LogP contribution in [0.15, 0.2) is 12.5 Å². The zero-order valence-corrected chi connectivity index (χ0v) is 11.4. The van der Waals surface area contributed by atoms with E-state index in [4.69, 9.17) is 10.5 Å². The summed E-state index contributed by atoms with van der Waals surface area (Å²) in [6.45, 7) is 5.46. The van der Waals surface area contributed by atoms with E-state index in [1.807, 2.05) is 16.4 Å². The average Bonchev–Trinajstić information content (AvgIpc) is 2.88. The minimum atomic E-state index is 0.00530. The van der Waals surface area contributed by atoms with Crippen molar-refractivity contribution in [1.82, 2.24) is 14.5 Å². The fourth-order valence-electron chi connectivity index (χ4n) is 2.37. The standard InChI is InChI=1S/C13H22N4O2/c1-2-19-11-3-6-17(7-4-11)13(18)12-9-16(8-5-14)10-15-12/h9-11H,2-8,14H2,1H3. The summed E-state index contributed by atoms with van der Waals surface area (Å²) in [6, 6.07) is 0. The molecule has 1 aromatic rings. The first kappa shape index (κ1) is 14.0. The van der Waals surface area contributed by atoms with Crippen LogP contribution in [0.5, 0.6) is 0 Å². The Morgan fingerprint density at radius 1 is 1.53 bits per heavy atom. The van der Waals surface area contributed by atoms with Crippen LogP contribution in [0.25, 0.3) is 0 Å². The molecule has 0 bridgehead atoms. The largest absolute Gasteiger partial charge is 0.378 e. The molecule has 0 unspecified atom stereocenters. The first-order chi connectivity index (χ1) is 9.24. The summed E-state index contributed by atoms with van der Waals surface area (Å²) in [5.41, 5.74) is 5.98. The van der Waals surface area contributed by atoms with Gasteiger partial charge in [0, 0.05) is 39.0 Å². The highest BCUT2D eigenvalue weighted by Crippen LogP contribution is 2.15. The summed E-state index contributed by atoms with van der Waals surface area (Å²) in [7, 11) is 0. The smallest absolute Gasteiger partial charge is 0.274 e. The number of ether oxygens (including phenoxy) is 1. The molecule has 0 atom stereocenters. The van der Waals surface area contributed by atoms with Crippen LogP contribution in [0, 0.1) is 0 Å². The van der Waals surface area contributed by atoms with Crippen LogP contribution in [-0.2, 0) is 11.3 Å². The quantitative estimate of drug-likeness (QED) is 0.841. The van der Waals surface area contributed by atoms with Crippen molar-refractivity contribution in [3.05, 3.63) is 18.2 Å². The maximum absolute atomic E-state index is 12.3. The van der Waals surface area contributed by atoms with Crippen LogP contribution >= 0.6 is 0 Å². The molecule has 1 fully saturated rings. The highest BCUT2D eigenvalue weighted by Gasteiger charge is 2.24. The first-order valence-corrected chi connectivity index (χ1v) is 6.87. The van der Waals surface area contributed by atoms with E-state index >= 15 is 0 Å². The Morgan fingerprint density at radius 3 is 2.89 bits per heavy atom. The molecule has 0 spiro atoms. The third-order valence-electron chi connectivity index (χ3n) is 3.37. The lowest BCUT2D eigenvalue weighted by atomic mass is 10.1. The Bertz CT molecular complexity index is 411. The molecule has 1 amide bonds. The van der Waals surface area contributed by atoms with Crippen molar-refractivity contribution in [2.45, 2.75) is 32.4 Å². The molecule has 0 aromatic carbocycles. The van der Waals surface area contributed by atoms with Gasteiger partial charge < -0.3 is 19.9 Å². The second-order valence-electron chi connectivity index (χ2n) is 4.73. The number of carbonyl (C=O) groups excluding carboxylic acids is 1. The van der Waals surface area contributed by atoms with Gasteiger partial charge in [0.15, 0.2) is 0 Å². The lowest BCUT2D eigenvalue weighted by Gasteiger charge is -2.31. The number of piperidine rings is 1. The van der Waals surface area contributed by atoms with E-state index in [9.17, 15) is 4.79 Å². The Morgan fingerprint density at radius 2 is 2.26 bits per heavy atom. The lowest BCUT2D eigenvalue weighted by Crippen LogP contribution is -2.41. The number of rotatable bonds is 5. The predicted octanol–water partition coefficient (Wildman–Crippen LogP) is 0.483. The number of aromatic nitrogens is 2. The van der Waals surface area contributed by atoms with Gasteiger partial charge in [-0.2, -0.15) is 0 Å². The number of carbonyl (C=O) groups is 1. The van der Waals surface area contributed by atoms with Crippen LogP contribution in [0.3, 0.4) is 0 Å². The van der Waals surface area contributed by atoms with Crippen LogP contribution in [0.2, 0.25) is 0 Å². The second-order valence-corrected chi connectivity index (χ2v) is 4.73. The minimum absolute atomic E-state index is 0.00530. The molecule has 19 heavy (non-hydrogen) atoms. The summed E-state index contributed by atoms with van der Waals surface area (Å²) < 4.78 is 7.43. The molecule has 2 rings (SSSR count). The van der Waals surface area contributed by atoms with Crippen molar-refractivity contribution in [2.24, 2.45) is 5.73 Å². The van der Waals surface area contributed by atoms with Gasteiger partial charge in [0.2, 0.25) is 0 Å². The molecule has 2 N–H and O–H groups in total. The number of nitrogens with two attached hydrogens (primary N) is 1. The molecule has 1 aliphatic rings. The van der Waals surface area contributed by atoms with E-state index in [2.05, 4.69) is 4.98 Å². The van der Waals surface area contributed by atoms with Gasteiger partial charge >= 0.3 is 0 Å². The van der Waals surface area contributed by atoms with Gasteiger partial charge in [-0.05, 0) is 19.8 Å². The van der Waals surface area contributed by atoms with Gasteiger partial charge in [0.25, 0.3) is 5.91 Å². The molecule has 106 valence electrons. The van der Waals surface area contributed by atoms with Crippen LogP contribution in [-0.4, -0.2) is 52.7 Å². The van der Waals surface area contributed by atoms with Crippen molar-refractivity contribution in [3.63, 3.8) is 0 Å². The highest BCUT2D eigenvalue weighted by molar-refractivity contribution is 5.92. The molecule has 0 aliphatic carbocycles. The van der Waals surface area contributed by atoms with Crippen molar-refractivity contribution in [1.29, 1.82) is 0 Å². The Hall–Kier alpha value is -1.40. The topological polar surface area (TPSA) is 73.4 Å². The number of hydrogen-bond donors (Lipinski definition) is 1. The van der Waals surface area contributed by atoms with Crippen LogP contribution in [0.1, 0.15) is 30.3 Å². The summed E-state index contributed by atoms with van der Waals surface area (Å²) in [4.78, 5) is 18.3. The number of amides is 1. The number of likely N-dealkylation sites (tertiary alicyclic amines) is 1. The molecule has 2 heterocycles. The fourth-order valence-corrected chi connectivity index (χ4v) is 2.37. The van der Waals surface area contributed by atoms with Crippen molar-refractivity contribution in [3.8, 4) is 0 Å². The molecule has 1 aliphatic heterocycles. The van der Waals surface area contributed by atoms with E-state index in [1.54, 1.807) is 12.5 Å². The number of nitrogens with zero attached hydrogens (tertiary/aromatic N) is 3. The number of hydrogen-bond acceptors (Lipinski definition) is 4. The Labute approximate surface area is 113 Å². The van der Waals surface area contributed by atoms with E-state index in [1.165, 1.54) is 0 Å². The van der Waals surface area contributed by atoms with Gasteiger partial charge in [-0.15, -0.1) is 0 Å².